The van der Waals surface area contributed by atoms with Crippen LogP contribution in [0.1, 0.15) is 72.1 Å². The van der Waals surface area contributed by atoms with Gasteiger partial charge in [-0.25, -0.2) is 0 Å². The lowest BCUT2D eigenvalue weighted by Crippen LogP contribution is -2.58. The molecule has 3 heterocycles. The average molecular weight is 579 g/mol. The van der Waals surface area contributed by atoms with E-state index in [2.05, 4.69) is 26.3 Å². The number of esters is 1. The van der Waals surface area contributed by atoms with Gasteiger partial charge in [0.1, 0.15) is 29.8 Å². The zero-order valence-electron chi connectivity index (χ0n) is 23.9. The molecule has 2 bridgehead atoms. The summed E-state index contributed by atoms with van der Waals surface area (Å²) in [7, 11) is 0. The van der Waals surface area contributed by atoms with Gasteiger partial charge < -0.3 is 42.4 Å². The monoisotopic (exact) mass is 578 g/mol. The van der Waals surface area contributed by atoms with E-state index in [4.69, 9.17) is 16.2 Å². The number of carbonyl (C=O) groups is 6. The first kappa shape index (κ1) is 31.6. The fraction of sp³-hybridized carbons (Fsp3) is 0.731. The second kappa shape index (κ2) is 13.6. The Morgan fingerprint density at radius 3 is 2.37 bits per heavy atom. The van der Waals surface area contributed by atoms with Crippen LogP contribution in [0.25, 0.3) is 0 Å². The first-order valence-electron chi connectivity index (χ1n) is 14.0. The number of nitrogens with two attached hydrogens (primary N) is 2. The van der Waals surface area contributed by atoms with Gasteiger partial charge in [0.05, 0.1) is 13.0 Å². The number of carbonyl (C=O) groups excluding carboxylic acids is 6. The molecule has 0 unspecified atom stereocenters. The summed E-state index contributed by atoms with van der Waals surface area (Å²) in [6.07, 6.45) is 2.70. The van der Waals surface area contributed by atoms with E-state index in [1.54, 1.807) is 20.8 Å². The Hall–Kier alpha value is -3.91. The summed E-state index contributed by atoms with van der Waals surface area (Å²) in [6.45, 7) is 4.72. The zero-order valence-corrected chi connectivity index (χ0v) is 23.9. The molecular weight excluding hydrogens is 536 g/mol. The molecule has 228 valence electrons. The van der Waals surface area contributed by atoms with Crippen molar-refractivity contribution in [3.63, 3.8) is 0 Å². The summed E-state index contributed by atoms with van der Waals surface area (Å²) < 4.78 is 5.33. The molecule has 0 aromatic heterocycles. The van der Waals surface area contributed by atoms with E-state index in [1.807, 2.05) is 0 Å². The molecule has 0 radical (unpaired) electrons. The summed E-state index contributed by atoms with van der Waals surface area (Å²) in [5.41, 5.74) is 9.91. The van der Waals surface area contributed by atoms with Crippen LogP contribution in [0, 0.1) is 0 Å². The molecule has 0 aromatic rings. The number of amides is 5. The Kier molecular flexibility index (Phi) is 10.5. The highest BCUT2D eigenvalue weighted by Crippen LogP contribution is 2.32. The van der Waals surface area contributed by atoms with E-state index in [1.165, 1.54) is 4.90 Å². The molecule has 0 aromatic carbocycles. The Labute approximate surface area is 238 Å². The third-order valence-corrected chi connectivity index (χ3v) is 7.15. The van der Waals surface area contributed by atoms with E-state index in [0.717, 1.165) is 0 Å². The number of rotatable bonds is 6. The van der Waals surface area contributed by atoms with Crippen LogP contribution >= 0.6 is 0 Å². The molecule has 0 spiro atoms. The number of fused-ring (bicyclic) bond motifs is 1. The molecular formula is C26H42N8O7. The van der Waals surface area contributed by atoms with Crippen LogP contribution in [0.5, 0.6) is 0 Å². The topological polar surface area (TPSA) is 227 Å². The summed E-state index contributed by atoms with van der Waals surface area (Å²) in [5.74, 6) is -3.83. The minimum Gasteiger partial charge on any atom is -0.460 e. The number of nitrogens with zero attached hydrogens (tertiary/aromatic N) is 2. The van der Waals surface area contributed by atoms with E-state index in [9.17, 15) is 28.8 Å². The Morgan fingerprint density at radius 2 is 1.68 bits per heavy atom. The summed E-state index contributed by atoms with van der Waals surface area (Å²) in [5, 5.41) is 10.4. The third kappa shape index (κ3) is 9.05. The van der Waals surface area contributed by atoms with Crippen molar-refractivity contribution in [2.75, 3.05) is 13.1 Å². The van der Waals surface area contributed by atoms with Crippen molar-refractivity contribution in [2.45, 2.75) is 108 Å². The largest absolute Gasteiger partial charge is 0.460 e. The Bertz CT molecular complexity index is 1070. The molecule has 5 amide bonds. The van der Waals surface area contributed by atoms with Crippen molar-refractivity contribution < 1.29 is 33.5 Å². The molecule has 8 N–H and O–H groups in total. The van der Waals surface area contributed by atoms with Gasteiger partial charge in [0.25, 0.3) is 0 Å². The standard InChI is InChI=1S/C26H42N8O7/c1-26(2,3)41-20(36)12-17-22(38)33-16-7-4-6-14-9-10-18(34(14)24(16)40)23(39)32-15(8-5-11-29-25(27)28)21(37)30-13-19(35)31-17/h14-18H,4-13H2,1-3H3,(H,30,37)(H,31,35)(H,32,39)(H,33,38)(H4,27,28,29)/t14-,15+,16+,17+,18+/m1/s1. The predicted molar refractivity (Wildman–Crippen MR) is 147 cm³/mol. The van der Waals surface area contributed by atoms with Crippen molar-refractivity contribution in [2.24, 2.45) is 16.5 Å². The second-order valence-electron chi connectivity index (χ2n) is 11.6. The molecule has 3 rings (SSSR count). The van der Waals surface area contributed by atoms with Crippen molar-refractivity contribution in [1.82, 2.24) is 26.2 Å². The quantitative estimate of drug-likeness (QED) is 0.0876. The van der Waals surface area contributed by atoms with Crippen LogP contribution in [0.15, 0.2) is 4.99 Å². The molecule has 3 aliphatic heterocycles. The SMILES string of the molecule is CC(C)(C)OC(=O)C[C@@H]1NC(=O)CNC(=O)[C@H](CCCN=C(N)N)NC(=O)[C@@H]2CC[C@H]3CCC[C@H](NC1=O)C(=O)N32. The number of hydrogen-bond donors (Lipinski definition) is 6. The van der Waals surface area contributed by atoms with Gasteiger partial charge in [-0.2, -0.15) is 0 Å². The maximum atomic E-state index is 13.7. The summed E-state index contributed by atoms with van der Waals surface area (Å²) >= 11 is 0. The van der Waals surface area contributed by atoms with Crippen molar-refractivity contribution in [1.29, 1.82) is 0 Å². The molecule has 41 heavy (non-hydrogen) atoms. The number of aliphatic imine (C=N–C) groups is 1. The Balaban J connectivity index is 1.89. The molecule has 15 heteroatoms. The van der Waals surface area contributed by atoms with Crippen LogP contribution in [-0.4, -0.2) is 95.3 Å². The van der Waals surface area contributed by atoms with Crippen molar-refractivity contribution >= 4 is 41.5 Å². The van der Waals surface area contributed by atoms with Crippen LogP contribution < -0.4 is 32.7 Å². The molecule has 0 saturated carbocycles. The molecule has 3 fully saturated rings. The fourth-order valence-electron chi connectivity index (χ4n) is 5.36. The highest BCUT2D eigenvalue weighted by atomic mass is 16.6. The van der Waals surface area contributed by atoms with Gasteiger partial charge in [0.15, 0.2) is 5.96 Å². The number of guanidine groups is 1. The van der Waals surface area contributed by atoms with E-state index >= 15 is 0 Å². The molecule has 3 saturated heterocycles. The van der Waals surface area contributed by atoms with E-state index in [0.29, 0.717) is 38.5 Å². The van der Waals surface area contributed by atoms with Gasteiger partial charge in [-0.05, 0) is 65.7 Å². The van der Waals surface area contributed by atoms with Crippen LogP contribution in [0.4, 0.5) is 0 Å². The molecule has 3 aliphatic rings. The number of nitrogens with one attached hydrogen (secondary N) is 4. The van der Waals surface area contributed by atoms with Crippen LogP contribution in [-0.2, 0) is 33.5 Å². The summed E-state index contributed by atoms with van der Waals surface area (Å²) in [4.78, 5) is 84.2. The minimum absolute atomic E-state index is 0.104. The van der Waals surface area contributed by atoms with Crippen LogP contribution in [0.3, 0.4) is 0 Å². The lowest BCUT2D eigenvalue weighted by Gasteiger charge is -2.31. The minimum atomic E-state index is -1.35. The first-order valence-corrected chi connectivity index (χ1v) is 14.0. The highest BCUT2D eigenvalue weighted by molar-refractivity contribution is 5.98. The van der Waals surface area contributed by atoms with Gasteiger partial charge in [-0.3, -0.25) is 33.8 Å². The maximum absolute atomic E-state index is 13.7. The van der Waals surface area contributed by atoms with Gasteiger partial charge in [-0.1, -0.05) is 0 Å². The molecule has 5 atom stereocenters. The number of hydrogen-bond acceptors (Lipinski definition) is 8. The van der Waals surface area contributed by atoms with E-state index in [-0.39, 0.29) is 25.0 Å². The average Bonchev–Trinajstić information content (AvgIpc) is 3.23. The molecule has 15 nitrogen and oxygen atoms in total. The van der Waals surface area contributed by atoms with Crippen molar-refractivity contribution in [3.8, 4) is 0 Å². The zero-order chi connectivity index (χ0) is 30.3. The predicted octanol–water partition coefficient (Wildman–Crippen LogP) is -2.10. The molecule has 0 aliphatic carbocycles. The van der Waals surface area contributed by atoms with Gasteiger partial charge in [0.2, 0.25) is 29.5 Å². The normalized spacial score (nSPS) is 27.7. The van der Waals surface area contributed by atoms with Gasteiger partial charge in [0, 0.05) is 12.6 Å². The lowest BCUT2D eigenvalue weighted by atomic mass is 10.0. The number of ether oxygens (including phenoxy) is 1. The van der Waals surface area contributed by atoms with Crippen molar-refractivity contribution in [3.05, 3.63) is 0 Å². The second-order valence-corrected chi connectivity index (χ2v) is 11.6. The van der Waals surface area contributed by atoms with Gasteiger partial charge in [-0.15, -0.1) is 0 Å². The van der Waals surface area contributed by atoms with Crippen LogP contribution in [0.2, 0.25) is 0 Å². The first-order chi connectivity index (χ1) is 19.2. The lowest BCUT2D eigenvalue weighted by molar-refractivity contribution is -0.156. The summed E-state index contributed by atoms with van der Waals surface area (Å²) in [6, 6.07) is -4.32. The smallest absolute Gasteiger partial charge is 0.308 e. The van der Waals surface area contributed by atoms with Gasteiger partial charge >= 0.3 is 5.97 Å². The van der Waals surface area contributed by atoms with E-state index < -0.39 is 78.2 Å². The fourth-order valence-corrected chi connectivity index (χ4v) is 5.36. The Morgan fingerprint density at radius 1 is 0.951 bits per heavy atom. The maximum Gasteiger partial charge on any atom is 0.308 e. The highest BCUT2D eigenvalue weighted by Gasteiger charge is 2.45. The third-order valence-electron chi connectivity index (χ3n) is 7.15.